The molecule has 5 nitrogen and oxygen atoms in total. The van der Waals surface area contributed by atoms with Crippen molar-refractivity contribution in [1.82, 2.24) is 14.8 Å². The number of carbonyl (C=O) groups is 1. The average Bonchev–Trinajstić information content (AvgIpc) is 2.94. The summed E-state index contributed by atoms with van der Waals surface area (Å²) in [6, 6.07) is 8.43. The highest BCUT2D eigenvalue weighted by molar-refractivity contribution is 7.99. The summed E-state index contributed by atoms with van der Waals surface area (Å²) < 4.78 is 7.19. The van der Waals surface area contributed by atoms with Crippen LogP contribution in [0.1, 0.15) is 47.1 Å². The van der Waals surface area contributed by atoms with E-state index < -0.39 is 0 Å². The fourth-order valence-electron chi connectivity index (χ4n) is 2.43. The molecule has 1 aromatic heterocycles. The van der Waals surface area contributed by atoms with Gasteiger partial charge in [0.1, 0.15) is 0 Å². The van der Waals surface area contributed by atoms with Gasteiger partial charge in [-0.2, -0.15) is 0 Å². The number of rotatable bonds is 6. The number of nitrogens with zero attached hydrogens (tertiary/aromatic N) is 3. The van der Waals surface area contributed by atoms with Crippen molar-refractivity contribution < 1.29 is 9.53 Å². The first-order chi connectivity index (χ1) is 11.7. The van der Waals surface area contributed by atoms with Crippen molar-refractivity contribution in [3.05, 3.63) is 29.8 Å². The Bertz CT molecular complexity index is 715. The van der Waals surface area contributed by atoms with Gasteiger partial charge in [0.15, 0.2) is 11.0 Å². The molecule has 0 N–H and O–H groups in total. The van der Waals surface area contributed by atoms with Crippen LogP contribution in [0.3, 0.4) is 0 Å². The Morgan fingerprint density at radius 3 is 2.36 bits per heavy atom. The molecule has 0 aliphatic rings. The van der Waals surface area contributed by atoms with E-state index in [2.05, 4.69) is 55.2 Å². The van der Waals surface area contributed by atoms with Crippen molar-refractivity contribution in [2.24, 2.45) is 0 Å². The Kier molecular flexibility index (Phi) is 6.27. The first-order valence-corrected chi connectivity index (χ1v) is 9.57. The maximum absolute atomic E-state index is 11.7. The highest BCUT2D eigenvalue weighted by Gasteiger charge is 2.17. The van der Waals surface area contributed by atoms with E-state index in [4.69, 9.17) is 4.74 Å². The van der Waals surface area contributed by atoms with Crippen LogP contribution in [-0.4, -0.2) is 32.6 Å². The van der Waals surface area contributed by atoms with Crippen molar-refractivity contribution in [2.45, 2.75) is 64.8 Å². The second-order valence-corrected chi connectivity index (χ2v) is 8.15. The molecule has 25 heavy (non-hydrogen) atoms. The van der Waals surface area contributed by atoms with Gasteiger partial charge in [-0.15, -0.1) is 10.2 Å². The molecular weight excluding hydrogens is 334 g/mol. The van der Waals surface area contributed by atoms with Crippen LogP contribution in [0.15, 0.2) is 29.4 Å². The number of carbonyl (C=O) groups excluding carboxylic acids is 1. The van der Waals surface area contributed by atoms with Crippen LogP contribution in [0, 0.1) is 0 Å². The minimum atomic E-state index is -0.235. The molecule has 0 aliphatic carbocycles. The molecule has 0 unspecified atom stereocenters. The zero-order valence-electron chi connectivity index (χ0n) is 15.9. The van der Waals surface area contributed by atoms with Crippen molar-refractivity contribution in [3.8, 4) is 11.4 Å². The van der Waals surface area contributed by atoms with E-state index >= 15 is 0 Å². The molecule has 136 valence electrons. The Balaban J connectivity index is 2.17. The van der Waals surface area contributed by atoms with Gasteiger partial charge in [0, 0.05) is 12.1 Å². The third-order valence-electron chi connectivity index (χ3n) is 3.73. The fourth-order valence-corrected chi connectivity index (χ4v) is 3.22. The average molecular weight is 362 g/mol. The van der Waals surface area contributed by atoms with Crippen LogP contribution in [0.5, 0.6) is 0 Å². The van der Waals surface area contributed by atoms with Crippen LogP contribution < -0.4 is 0 Å². The lowest BCUT2D eigenvalue weighted by atomic mass is 9.87. The Morgan fingerprint density at radius 2 is 1.84 bits per heavy atom. The van der Waals surface area contributed by atoms with Gasteiger partial charge in [0.2, 0.25) is 0 Å². The molecule has 1 heterocycles. The van der Waals surface area contributed by atoms with Gasteiger partial charge in [-0.05, 0) is 31.7 Å². The molecule has 0 saturated heterocycles. The van der Waals surface area contributed by atoms with Crippen LogP contribution in [0.2, 0.25) is 0 Å². The molecule has 0 spiro atoms. The second kappa shape index (κ2) is 8.04. The van der Waals surface area contributed by atoms with E-state index in [0.29, 0.717) is 0 Å². The fraction of sp³-hybridized carbons (Fsp3) is 0.526. The van der Waals surface area contributed by atoms with Gasteiger partial charge in [0.25, 0.3) is 0 Å². The SMILES string of the molecule is CCn1c(SCC(=O)OC(C)C)nnc1-c1ccc(C(C)(C)C)cc1. The maximum Gasteiger partial charge on any atom is 0.316 e. The largest absolute Gasteiger partial charge is 0.462 e. The van der Waals surface area contributed by atoms with Crippen LogP contribution >= 0.6 is 11.8 Å². The standard InChI is InChI=1S/C19H27N3O2S/c1-7-22-17(14-8-10-15(11-9-14)19(4,5)6)20-21-18(22)25-12-16(23)24-13(2)3/h8-11,13H,7,12H2,1-6H3. The molecule has 0 atom stereocenters. The maximum atomic E-state index is 11.7. The minimum absolute atomic E-state index is 0.103. The normalized spacial score (nSPS) is 11.8. The van der Waals surface area contributed by atoms with Gasteiger partial charge in [-0.25, -0.2) is 0 Å². The highest BCUT2D eigenvalue weighted by Crippen LogP contribution is 2.27. The Labute approximate surface area is 154 Å². The molecule has 0 saturated carbocycles. The van der Waals surface area contributed by atoms with Crippen molar-refractivity contribution in [3.63, 3.8) is 0 Å². The Hall–Kier alpha value is -1.82. The van der Waals surface area contributed by atoms with Gasteiger partial charge >= 0.3 is 5.97 Å². The molecule has 0 bridgehead atoms. The van der Waals surface area contributed by atoms with Crippen LogP contribution in [0.25, 0.3) is 11.4 Å². The van der Waals surface area contributed by atoms with E-state index in [1.165, 1.54) is 17.3 Å². The van der Waals surface area contributed by atoms with Gasteiger partial charge in [0.05, 0.1) is 11.9 Å². The zero-order chi connectivity index (χ0) is 18.6. The predicted molar refractivity (Wildman–Crippen MR) is 102 cm³/mol. The predicted octanol–water partition coefficient (Wildman–Crippen LogP) is 4.31. The lowest BCUT2D eigenvalue weighted by Crippen LogP contribution is -2.13. The molecular formula is C19H27N3O2S. The summed E-state index contributed by atoms with van der Waals surface area (Å²) >= 11 is 1.36. The third-order valence-corrected chi connectivity index (χ3v) is 4.67. The molecule has 1 aromatic carbocycles. The number of ether oxygens (including phenoxy) is 1. The van der Waals surface area contributed by atoms with Crippen LogP contribution in [-0.2, 0) is 21.5 Å². The molecule has 2 rings (SSSR count). The van der Waals surface area contributed by atoms with Crippen LogP contribution in [0.4, 0.5) is 0 Å². The lowest BCUT2D eigenvalue weighted by Gasteiger charge is -2.19. The number of aromatic nitrogens is 3. The molecule has 0 amide bonds. The number of hydrogen-bond donors (Lipinski definition) is 0. The topological polar surface area (TPSA) is 57.0 Å². The first-order valence-electron chi connectivity index (χ1n) is 8.58. The summed E-state index contributed by atoms with van der Waals surface area (Å²) in [6.07, 6.45) is -0.103. The summed E-state index contributed by atoms with van der Waals surface area (Å²) in [4.78, 5) is 11.7. The summed E-state index contributed by atoms with van der Waals surface area (Å²) in [5, 5.41) is 9.32. The minimum Gasteiger partial charge on any atom is -0.462 e. The van der Waals surface area contributed by atoms with Gasteiger partial charge in [-0.3, -0.25) is 4.79 Å². The van der Waals surface area contributed by atoms with Gasteiger partial charge in [-0.1, -0.05) is 56.8 Å². The summed E-state index contributed by atoms with van der Waals surface area (Å²) in [5.74, 6) is 0.823. The molecule has 6 heteroatoms. The van der Waals surface area contributed by atoms with E-state index in [1.54, 1.807) is 0 Å². The quantitative estimate of drug-likeness (QED) is 0.567. The number of hydrogen-bond acceptors (Lipinski definition) is 5. The van der Waals surface area contributed by atoms with E-state index in [1.807, 2.05) is 25.3 Å². The molecule has 0 radical (unpaired) electrons. The van der Waals surface area contributed by atoms with E-state index in [-0.39, 0.29) is 23.2 Å². The Morgan fingerprint density at radius 1 is 1.20 bits per heavy atom. The summed E-state index contributed by atoms with van der Waals surface area (Å²) in [6.45, 7) is 13.1. The number of thioether (sulfide) groups is 1. The van der Waals surface area contributed by atoms with Gasteiger partial charge < -0.3 is 9.30 Å². The lowest BCUT2D eigenvalue weighted by molar-refractivity contribution is -0.144. The van der Waals surface area contributed by atoms with Crippen molar-refractivity contribution >= 4 is 17.7 Å². The number of esters is 1. The van der Waals surface area contributed by atoms with Crippen molar-refractivity contribution in [2.75, 3.05) is 5.75 Å². The first kappa shape index (κ1) is 19.5. The number of benzene rings is 1. The van der Waals surface area contributed by atoms with E-state index in [0.717, 1.165) is 23.1 Å². The second-order valence-electron chi connectivity index (χ2n) is 7.21. The molecule has 0 aliphatic heterocycles. The highest BCUT2D eigenvalue weighted by atomic mass is 32.2. The summed E-state index contributed by atoms with van der Waals surface area (Å²) in [7, 11) is 0. The van der Waals surface area contributed by atoms with E-state index in [9.17, 15) is 4.79 Å². The molecule has 0 fully saturated rings. The monoisotopic (exact) mass is 361 g/mol. The summed E-state index contributed by atoms with van der Waals surface area (Å²) in [5.41, 5.74) is 2.43. The van der Waals surface area contributed by atoms with Crippen molar-refractivity contribution in [1.29, 1.82) is 0 Å². The third kappa shape index (κ3) is 5.08. The zero-order valence-corrected chi connectivity index (χ0v) is 16.7. The molecule has 2 aromatic rings. The smallest absolute Gasteiger partial charge is 0.316 e.